The van der Waals surface area contributed by atoms with Crippen LogP contribution in [0, 0.1) is 13.8 Å². The van der Waals surface area contributed by atoms with E-state index in [2.05, 4.69) is 61.6 Å². The van der Waals surface area contributed by atoms with Crippen LogP contribution in [0.4, 0.5) is 5.69 Å². The Kier molecular flexibility index (Phi) is 6.57. The molecule has 0 saturated carbocycles. The van der Waals surface area contributed by atoms with Gasteiger partial charge in [-0.2, -0.15) is 0 Å². The van der Waals surface area contributed by atoms with Gasteiger partial charge in [-0.15, -0.1) is 0 Å². The smallest absolute Gasteiger partial charge is 0.240 e. The topological polar surface area (TPSA) is 52.6 Å². The van der Waals surface area contributed by atoms with Gasteiger partial charge in [0.1, 0.15) is 0 Å². The second-order valence-electron chi connectivity index (χ2n) is 6.98. The Morgan fingerprint density at radius 1 is 1.04 bits per heavy atom. The van der Waals surface area contributed by atoms with Gasteiger partial charge in [0, 0.05) is 49.4 Å². The Labute approximate surface area is 170 Å². The summed E-state index contributed by atoms with van der Waals surface area (Å²) >= 11 is 3.40. The van der Waals surface area contributed by atoms with Crippen LogP contribution in [0.25, 0.3) is 0 Å². The van der Waals surface area contributed by atoms with Gasteiger partial charge < -0.3 is 4.90 Å². The van der Waals surface area contributed by atoms with Gasteiger partial charge in [-0.05, 0) is 55.3 Å². The average Bonchev–Trinajstić information content (AvgIpc) is 2.64. The van der Waals surface area contributed by atoms with Crippen molar-refractivity contribution < 1.29 is 8.42 Å². The molecular weight excluding hydrogens is 426 g/mol. The summed E-state index contributed by atoms with van der Waals surface area (Å²) < 4.78 is 28.5. The van der Waals surface area contributed by atoms with Crippen LogP contribution in [0.3, 0.4) is 0 Å². The average molecular weight is 452 g/mol. The minimum absolute atomic E-state index is 0.312. The standard InChI is InChI=1S/C20H26BrN3O2S/c1-16-4-3-5-18(14-16)24-12-10-23(11-13-24)9-8-22-27(25,26)19-6-7-20(21)17(2)15-19/h3-7,14-15,22H,8-13H2,1-2H3. The van der Waals surface area contributed by atoms with E-state index >= 15 is 0 Å². The highest BCUT2D eigenvalue weighted by Crippen LogP contribution is 2.20. The van der Waals surface area contributed by atoms with E-state index in [1.165, 1.54) is 11.3 Å². The first-order valence-electron chi connectivity index (χ1n) is 9.15. The summed E-state index contributed by atoms with van der Waals surface area (Å²) in [6.45, 7) is 8.93. The summed E-state index contributed by atoms with van der Waals surface area (Å²) in [5, 5.41) is 0. The molecule has 1 fully saturated rings. The zero-order valence-electron chi connectivity index (χ0n) is 15.8. The Balaban J connectivity index is 1.48. The molecule has 0 bridgehead atoms. The maximum atomic E-state index is 12.5. The number of rotatable bonds is 6. The molecule has 0 unspecified atom stereocenters. The first kappa shape index (κ1) is 20.3. The molecule has 1 saturated heterocycles. The molecule has 2 aromatic rings. The third-order valence-corrected chi connectivity index (χ3v) is 7.25. The van der Waals surface area contributed by atoms with E-state index in [1.54, 1.807) is 18.2 Å². The van der Waals surface area contributed by atoms with Crippen LogP contribution in [0.5, 0.6) is 0 Å². The van der Waals surface area contributed by atoms with Crippen molar-refractivity contribution in [1.29, 1.82) is 0 Å². The summed E-state index contributed by atoms with van der Waals surface area (Å²) in [6, 6.07) is 13.6. The number of benzene rings is 2. The van der Waals surface area contributed by atoms with Crippen LogP contribution < -0.4 is 9.62 Å². The van der Waals surface area contributed by atoms with Crippen molar-refractivity contribution in [3.63, 3.8) is 0 Å². The Morgan fingerprint density at radius 3 is 2.44 bits per heavy atom. The molecule has 2 aromatic carbocycles. The maximum Gasteiger partial charge on any atom is 0.240 e. The van der Waals surface area contributed by atoms with E-state index in [1.807, 2.05) is 6.92 Å². The number of aryl methyl sites for hydroxylation is 2. The van der Waals surface area contributed by atoms with Crippen LogP contribution in [0.2, 0.25) is 0 Å². The fourth-order valence-corrected chi connectivity index (χ4v) is 4.61. The molecule has 3 rings (SSSR count). The van der Waals surface area contributed by atoms with E-state index < -0.39 is 10.0 Å². The molecule has 27 heavy (non-hydrogen) atoms. The van der Waals surface area contributed by atoms with Crippen molar-refractivity contribution in [2.24, 2.45) is 0 Å². The fourth-order valence-electron chi connectivity index (χ4n) is 3.26. The number of hydrogen-bond donors (Lipinski definition) is 1. The summed E-state index contributed by atoms with van der Waals surface area (Å²) in [5.41, 5.74) is 3.44. The van der Waals surface area contributed by atoms with Gasteiger partial charge in [-0.25, -0.2) is 13.1 Å². The SMILES string of the molecule is Cc1cccc(N2CCN(CCNS(=O)(=O)c3ccc(Br)c(C)c3)CC2)c1. The molecule has 0 aliphatic carbocycles. The summed E-state index contributed by atoms with van der Waals surface area (Å²) in [6.07, 6.45) is 0. The van der Waals surface area contributed by atoms with Gasteiger partial charge in [0.2, 0.25) is 10.0 Å². The van der Waals surface area contributed by atoms with E-state index in [4.69, 9.17) is 0 Å². The second-order valence-corrected chi connectivity index (χ2v) is 9.60. The number of anilines is 1. The molecule has 0 aromatic heterocycles. The van der Waals surface area contributed by atoms with Gasteiger partial charge in [0.25, 0.3) is 0 Å². The van der Waals surface area contributed by atoms with E-state index in [0.29, 0.717) is 11.4 Å². The zero-order valence-corrected chi connectivity index (χ0v) is 18.2. The lowest BCUT2D eigenvalue weighted by Crippen LogP contribution is -2.48. The second kappa shape index (κ2) is 8.73. The molecule has 1 N–H and O–H groups in total. The van der Waals surface area contributed by atoms with Crippen molar-refractivity contribution in [3.8, 4) is 0 Å². The van der Waals surface area contributed by atoms with Crippen molar-refractivity contribution >= 4 is 31.6 Å². The van der Waals surface area contributed by atoms with Crippen molar-refractivity contribution in [2.75, 3.05) is 44.2 Å². The Bertz CT molecular complexity index is 894. The number of piperazine rings is 1. The molecule has 0 atom stereocenters. The summed E-state index contributed by atoms with van der Waals surface area (Å²) in [7, 11) is -3.47. The lowest BCUT2D eigenvalue weighted by atomic mass is 10.2. The highest BCUT2D eigenvalue weighted by Gasteiger charge is 2.19. The van der Waals surface area contributed by atoms with Crippen LogP contribution in [-0.4, -0.2) is 52.6 Å². The molecule has 5 nitrogen and oxygen atoms in total. The largest absolute Gasteiger partial charge is 0.369 e. The third-order valence-electron chi connectivity index (χ3n) is 4.90. The van der Waals surface area contributed by atoms with Crippen LogP contribution >= 0.6 is 15.9 Å². The normalized spacial score (nSPS) is 15.9. The van der Waals surface area contributed by atoms with Gasteiger partial charge in [0.05, 0.1) is 4.90 Å². The third kappa shape index (κ3) is 5.31. The minimum atomic E-state index is -3.47. The molecule has 1 aliphatic heterocycles. The number of hydrogen-bond acceptors (Lipinski definition) is 4. The quantitative estimate of drug-likeness (QED) is 0.732. The molecule has 146 valence electrons. The summed E-state index contributed by atoms with van der Waals surface area (Å²) in [4.78, 5) is 5.01. The number of sulfonamides is 1. The van der Waals surface area contributed by atoms with Crippen molar-refractivity contribution in [2.45, 2.75) is 18.7 Å². The zero-order chi connectivity index (χ0) is 19.4. The molecule has 0 spiro atoms. The van der Waals surface area contributed by atoms with Crippen LogP contribution in [0.1, 0.15) is 11.1 Å². The molecule has 0 amide bonds. The van der Waals surface area contributed by atoms with E-state index in [9.17, 15) is 8.42 Å². The number of halogens is 1. The van der Waals surface area contributed by atoms with Gasteiger partial charge in [0.15, 0.2) is 0 Å². The van der Waals surface area contributed by atoms with Crippen LogP contribution in [-0.2, 0) is 10.0 Å². The van der Waals surface area contributed by atoms with Gasteiger partial charge >= 0.3 is 0 Å². The first-order valence-corrected chi connectivity index (χ1v) is 11.4. The van der Waals surface area contributed by atoms with Crippen molar-refractivity contribution in [1.82, 2.24) is 9.62 Å². The van der Waals surface area contributed by atoms with Gasteiger partial charge in [-0.1, -0.05) is 28.1 Å². The van der Waals surface area contributed by atoms with Crippen molar-refractivity contribution in [3.05, 3.63) is 58.1 Å². The van der Waals surface area contributed by atoms with Gasteiger partial charge in [-0.3, -0.25) is 4.90 Å². The predicted octanol–water partition coefficient (Wildman–Crippen LogP) is 3.17. The molecule has 0 radical (unpaired) electrons. The molecule has 7 heteroatoms. The summed E-state index contributed by atoms with van der Waals surface area (Å²) in [5.74, 6) is 0. The molecule has 1 aliphatic rings. The maximum absolute atomic E-state index is 12.5. The highest BCUT2D eigenvalue weighted by atomic mass is 79.9. The van der Waals surface area contributed by atoms with E-state index in [0.717, 1.165) is 42.8 Å². The lowest BCUT2D eigenvalue weighted by Gasteiger charge is -2.36. The first-order chi connectivity index (χ1) is 12.8. The van der Waals surface area contributed by atoms with E-state index in [-0.39, 0.29) is 0 Å². The molecular formula is C20H26BrN3O2S. The Hall–Kier alpha value is -1.41. The highest BCUT2D eigenvalue weighted by molar-refractivity contribution is 9.10. The number of nitrogens with zero attached hydrogens (tertiary/aromatic N) is 2. The number of nitrogens with one attached hydrogen (secondary N) is 1. The Morgan fingerprint density at radius 2 is 1.78 bits per heavy atom. The predicted molar refractivity (Wildman–Crippen MR) is 114 cm³/mol. The monoisotopic (exact) mass is 451 g/mol. The fraction of sp³-hybridized carbons (Fsp3) is 0.400. The van der Waals surface area contributed by atoms with Crippen LogP contribution in [0.15, 0.2) is 51.8 Å². The minimum Gasteiger partial charge on any atom is -0.369 e. The molecule has 1 heterocycles. The lowest BCUT2D eigenvalue weighted by molar-refractivity contribution is 0.262.